The first kappa shape index (κ1) is 20.4. The number of halogens is 1. The van der Waals surface area contributed by atoms with Gasteiger partial charge in [0.1, 0.15) is 11.9 Å². The molecule has 2 aromatic rings. The average molecular weight is 423 g/mol. The van der Waals surface area contributed by atoms with Crippen LogP contribution in [0.15, 0.2) is 42.5 Å². The van der Waals surface area contributed by atoms with Crippen LogP contribution in [0.25, 0.3) is 0 Å². The largest absolute Gasteiger partial charge is 0.352 e. The van der Waals surface area contributed by atoms with E-state index in [4.69, 9.17) is 0 Å². The van der Waals surface area contributed by atoms with Gasteiger partial charge in [0, 0.05) is 13.0 Å². The molecule has 2 N–H and O–H groups in total. The number of carbonyl (C=O) groups is 5. The molecule has 1 saturated heterocycles. The third kappa shape index (κ3) is 3.81. The van der Waals surface area contributed by atoms with E-state index in [0.29, 0.717) is 5.56 Å². The normalized spacial score (nSPS) is 18.1. The summed E-state index contributed by atoms with van der Waals surface area (Å²) in [5.41, 5.74) is 0.903. The van der Waals surface area contributed by atoms with Crippen molar-refractivity contribution in [3.05, 3.63) is 70.5 Å². The maximum absolute atomic E-state index is 13.7. The summed E-state index contributed by atoms with van der Waals surface area (Å²) in [5.74, 6) is -3.33. The van der Waals surface area contributed by atoms with E-state index in [1.54, 1.807) is 18.2 Å². The van der Waals surface area contributed by atoms with E-state index >= 15 is 0 Å². The molecular formula is C22H18FN3O5. The Morgan fingerprint density at radius 3 is 2.52 bits per heavy atom. The van der Waals surface area contributed by atoms with Crippen LogP contribution >= 0.6 is 0 Å². The van der Waals surface area contributed by atoms with Gasteiger partial charge in [-0.3, -0.25) is 34.2 Å². The quantitative estimate of drug-likeness (QED) is 0.699. The van der Waals surface area contributed by atoms with Gasteiger partial charge >= 0.3 is 0 Å². The van der Waals surface area contributed by atoms with Crippen LogP contribution in [0.5, 0.6) is 0 Å². The summed E-state index contributed by atoms with van der Waals surface area (Å²) in [6.07, 6.45) is -0.0788. The van der Waals surface area contributed by atoms with Crippen LogP contribution in [0.3, 0.4) is 0 Å². The third-order valence-electron chi connectivity index (χ3n) is 5.34. The Hall–Kier alpha value is -3.88. The molecule has 158 valence electrons. The van der Waals surface area contributed by atoms with Gasteiger partial charge in [-0.05, 0) is 29.7 Å². The summed E-state index contributed by atoms with van der Waals surface area (Å²) in [6, 6.07) is 9.53. The number of nitrogens with zero attached hydrogens (tertiary/aromatic N) is 1. The molecule has 1 atom stereocenters. The topological polar surface area (TPSA) is 113 Å². The highest BCUT2D eigenvalue weighted by molar-refractivity contribution is 6.24. The van der Waals surface area contributed by atoms with Crippen LogP contribution in [0, 0.1) is 5.82 Å². The lowest BCUT2D eigenvalue weighted by molar-refractivity contribution is -0.136. The molecule has 1 fully saturated rings. The van der Waals surface area contributed by atoms with Crippen molar-refractivity contribution in [3.8, 4) is 0 Å². The molecule has 2 aliphatic rings. The summed E-state index contributed by atoms with van der Waals surface area (Å²) in [4.78, 5) is 62.5. The Morgan fingerprint density at radius 2 is 1.77 bits per heavy atom. The summed E-state index contributed by atoms with van der Waals surface area (Å²) >= 11 is 0. The molecule has 31 heavy (non-hydrogen) atoms. The van der Waals surface area contributed by atoms with E-state index in [1.807, 2.05) is 0 Å². The fourth-order valence-corrected chi connectivity index (χ4v) is 3.80. The fraction of sp³-hybridized carbons (Fsp3) is 0.227. The molecule has 2 aliphatic heterocycles. The number of piperidine rings is 1. The number of fused-ring (bicyclic) bond motifs is 1. The number of carbonyl (C=O) groups excluding carboxylic acids is 5. The van der Waals surface area contributed by atoms with E-state index < -0.39 is 41.4 Å². The highest BCUT2D eigenvalue weighted by atomic mass is 19.1. The summed E-state index contributed by atoms with van der Waals surface area (Å²) < 4.78 is 13.7. The van der Waals surface area contributed by atoms with Crippen molar-refractivity contribution in [2.24, 2.45) is 0 Å². The first-order valence-corrected chi connectivity index (χ1v) is 9.70. The number of hydrogen-bond donors (Lipinski definition) is 2. The molecule has 0 saturated carbocycles. The number of benzene rings is 2. The predicted molar refractivity (Wildman–Crippen MR) is 105 cm³/mol. The molecule has 9 heteroatoms. The van der Waals surface area contributed by atoms with Crippen molar-refractivity contribution in [2.75, 3.05) is 0 Å². The van der Waals surface area contributed by atoms with Gasteiger partial charge < -0.3 is 5.32 Å². The molecule has 0 radical (unpaired) electrons. The molecule has 0 aliphatic carbocycles. The molecular weight excluding hydrogens is 405 g/mol. The Balaban J connectivity index is 1.51. The summed E-state index contributed by atoms with van der Waals surface area (Å²) in [7, 11) is 0. The van der Waals surface area contributed by atoms with E-state index in [2.05, 4.69) is 10.6 Å². The molecule has 0 unspecified atom stereocenters. The average Bonchev–Trinajstić information content (AvgIpc) is 2.99. The van der Waals surface area contributed by atoms with E-state index in [-0.39, 0.29) is 42.5 Å². The van der Waals surface area contributed by atoms with Crippen LogP contribution in [0.1, 0.15) is 44.7 Å². The van der Waals surface area contributed by atoms with Gasteiger partial charge in [-0.1, -0.05) is 30.3 Å². The van der Waals surface area contributed by atoms with Crippen LogP contribution in [0.4, 0.5) is 4.39 Å². The van der Waals surface area contributed by atoms with Crippen molar-refractivity contribution < 1.29 is 28.4 Å². The highest BCUT2D eigenvalue weighted by Crippen LogP contribution is 2.29. The smallest absolute Gasteiger partial charge is 0.262 e. The molecule has 0 aromatic heterocycles. The second-order valence-corrected chi connectivity index (χ2v) is 7.33. The second kappa shape index (κ2) is 8.10. The van der Waals surface area contributed by atoms with Gasteiger partial charge in [-0.2, -0.15) is 0 Å². The minimum absolute atomic E-state index is 0.0305. The highest BCUT2D eigenvalue weighted by Gasteiger charge is 2.45. The van der Waals surface area contributed by atoms with Crippen molar-refractivity contribution >= 4 is 29.5 Å². The van der Waals surface area contributed by atoms with Crippen molar-refractivity contribution in [1.82, 2.24) is 15.5 Å². The Bertz CT molecular complexity index is 1130. The second-order valence-electron chi connectivity index (χ2n) is 7.33. The summed E-state index contributed by atoms with van der Waals surface area (Å²) in [5, 5.41) is 4.78. The molecule has 5 amide bonds. The lowest BCUT2D eigenvalue weighted by atomic mass is 10.0. The molecule has 4 rings (SSSR count). The molecule has 2 aromatic carbocycles. The Morgan fingerprint density at radius 1 is 1.03 bits per heavy atom. The molecule has 8 nitrogen and oxygen atoms in total. The first-order valence-electron chi connectivity index (χ1n) is 9.70. The van der Waals surface area contributed by atoms with E-state index in [0.717, 1.165) is 4.90 Å². The SMILES string of the molecule is O=C(Cc1ccccc1F)NCc1cccc2c1C(=O)N([C@@H]1CCC(=O)NC1=O)C2=O. The zero-order valence-electron chi connectivity index (χ0n) is 16.3. The standard InChI is InChI=1S/C22H18FN3O5/c23-15-7-2-1-4-12(15)10-18(28)24-11-13-5-3-6-14-19(13)22(31)26(21(14)30)16-8-9-17(27)25-20(16)29/h1-7,16H,8-11H2,(H,24,28)(H,25,27,29)/t16-/m1/s1. The number of rotatable bonds is 5. The monoisotopic (exact) mass is 423 g/mol. The Labute approximate surface area is 176 Å². The van der Waals surface area contributed by atoms with Crippen molar-refractivity contribution in [3.63, 3.8) is 0 Å². The van der Waals surface area contributed by atoms with Crippen LogP contribution < -0.4 is 10.6 Å². The summed E-state index contributed by atoms with van der Waals surface area (Å²) in [6.45, 7) is -0.0430. The van der Waals surface area contributed by atoms with E-state index in [9.17, 15) is 28.4 Å². The maximum atomic E-state index is 13.7. The van der Waals surface area contributed by atoms with Gasteiger partial charge in [-0.15, -0.1) is 0 Å². The predicted octanol–water partition coefficient (Wildman–Crippen LogP) is 1.09. The number of hydrogen-bond acceptors (Lipinski definition) is 5. The lowest BCUT2D eigenvalue weighted by Gasteiger charge is -2.27. The van der Waals surface area contributed by atoms with Crippen molar-refractivity contribution in [2.45, 2.75) is 31.8 Å². The van der Waals surface area contributed by atoms with E-state index in [1.165, 1.54) is 24.3 Å². The van der Waals surface area contributed by atoms with Crippen LogP contribution in [0.2, 0.25) is 0 Å². The maximum Gasteiger partial charge on any atom is 0.262 e. The van der Waals surface area contributed by atoms with Gasteiger partial charge in [0.15, 0.2) is 0 Å². The van der Waals surface area contributed by atoms with Gasteiger partial charge in [0.05, 0.1) is 17.5 Å². The zero-order chi connectivity index (χ0) is 22.1. The van der Waals surface area contributed by atoms with Gasteiger partial charge in [0.25, 0.3) is 11.8 Å². The Kier molecular flexibility index (Phi) is 5.33. The minimum Gasteiger partial charge on any atom is -0.352 e. The van der Waals surface area contributed by atoms with Gasteiger partial charge in [0.2, 0.25) is 17.7 Å². The molecule has 2 heterocycles. The first-order chi connectivity index (χ1) is 14.9. The fourth-order valence-electron chi connectivity index (χ4n) is 3.80. The number of amides is 5. The van der Waals surface area contributed by atoms with Gasteiger partial charge in [-0.25, -0.2) is 4.39 Å². The molecule has 0 spiro atoms. The number of imide groups is 2. The zero-order valence-corrected chi connectivity index (χ0v) is 16.3. The molecule has 0 bridgehead atoms. The van der Waals surface area contributed by atoms with Crippen molar-refractivity contribution in [1.29, 1.82) is 0 Å². The minimum atomic E-state index is -1.06. The van der Waals surface area contributed by atoms with Crippen LogP contribution in [-0.2, 0) is 27.3 Å². The lowest BCUT2D eigenvalue weighted by Crippen LogP contribution is -2.54. The van der Waals surface area contributed by atoms with Crippen LogP contribution in [-0.4, -0.2) is 40.5 Å². The number of nitrogens with one attached hydrogen (secondary N) is 2. The third-order valence-corrected chi connectivity index (χ3v) is 5.34.